The number of rotatable bonds is 6. The van der Waals surface area contributed by atoms with E-state index in [1.165, 1.54) is 36.8 Å². The highest BCUT2D eigenvalue weighted by atomic mass is 16.6. The molecule has 1 amide bonds. The number of methoxy groups -OCH3 is 1. The van der Waals surface area contributed by atoms with Gasteiger partial charge in [-0.1, -0.05) is 12.1 Å². The van der Waals surface area contributed by atoms with E-state index in [1.807, 2.05) is 6.07 Å². The van der Waals surface area contributed by atoms with Crippen LogP contribution in [0.5, 0.6) is 5.75 Å². The Kier molecular flexibility index (Phi) is 6.47. The molecule has 0 fully saturated rings. The molecule has 0 saturated heterocycles. The molecular weight excluding hydrogens is 468 g/mol. The number of aromatic nitrogens is 2. The summed E-state index contributed by atoms with van der Waals surface area (Å²) in [6, 6.07) is 14.4. The number of hydrogen-bond donors (Lipinski definition) is 0. The fraction of sp³-hybridized carbons (Fsp3) is 0.208. The quantitative estimate of drug-likeness (QED) is 0.379. The molecular formula is C24H20N6O6. The third-order valence-electron chi connectivity index (χ3n) is 5.51. The predicted octanol–water partition coefficient (Wildman–Crippen LogP) is 2.90. The van der Waals surface area contributed by atoms with Gasteiger partial charge in [0.1, 0.15) is 29.8 Å². The summed E-state index contributed by atoms with van der Waals surface area (Å²) in [5.74, 6) is 0.461. The zero-order valence-corrected chi connectivity index (χ0v) is 19.5. The van der Waals surface area contributed by atoms with Crippen molar-refractivity contribution in [1.29, 1.82) is 5.26 Å². The summed E-state index contributed by atoms with van der Waals surface area (Å²) in [5.41, 5.74) is 0.207. The van der Waals surface area contributed by atoms with Crippen molar-refractivity contribution in [1.82, 2.24) is 14.6 Å². The smallest absolute Gasteiger partial charge is 0.272 e. The molecule has 0 radical (unpaired) electrons. The Morgan fingerprint density at radius 1 is 1.28 bits per heavy atom. The number of non-ortho nitro benzene ring substituents is 1. The van der Waals surface area contributed by atoms with E-state index in [0.717, 1.165) is 5.01 Å². The maximum atomic E-state index is 13.2. The number of nitriles is 1. The van der Waals surface area contributed by atoms with Gasteiger partial charge in [0.05, 0.1) is 17.7 Å². The lowest BCUT2D eigenvalue weighted by Crippen LogP contribution is -2.30. The van der Waals surface area contributed by atoms with Crippen molar-refractivity contribution in [3.05, 3.63) is 86.0 Å². The Morgan fingerprint density at radius 2 is 2.00 bits per heavy atom. The first-order chi connectivity index (χ1) is 17.2. The second kappa shape index (κ2) is 9.67. The molecule has 12 heteroatoms. The van der Waals surface area contributed by atoms with Crippen LogP contribution in [0.4, 0.5) is 5.69 Å². The van der Waals surface area contributed by atoms with E-state index in [-0.39, 0.29) is 29.4 Å². The average Bonchev–Trinajstić information content (AvgIpc) is 3.31. The van der Waals surface area contributed by atoms with E-state index in [0.29, 0.717) is 22.7 Å². The number of nitrogens with zero attached hydrogens (tertiary/aromatic N) is 6. The van der Waals surface area contributed by atoms with Gasteiger partial charge in [-0.15, -0.1) is 5.10 Å². The molecule has 3 aromatic rings. The summed E-state index contributed by atoms with van der Waals surface area (Å²) in [7, 11) is 1.53. The van der Waals surface area contributed by atoms with Crippen molar-refractivity contribution in [2.45, 2.75) is 26.6 Å². The molecule has 0 N–H and O–H groups in total. The minimum absolute atomic E-state index is 0.00907. The van der Waals surface area contributed by atoms with Crippen LogP contribution >= 0.6 is 0 Å². The molecule has 0 bridgehead atoms. The molecule has 36 heavy (non-hydrogen) atoms. The molecule has 0 aliphatic carbocycles. The zero-order chi connectivity index (χ0) is 26.0. The minimum Gasteiger partial charge on any atom is -0.497 e. The third kappa shape index (κ3) is 4.49. The summed E-state index contributed by atoms with van der Waals surface area (Å²) >= 11 is 0. The number of benzene rings is 2. The van der Waals surface area contributed by atoms with Crippen molar-refractivity contribution in [2.75, 3.05) is 7.11 Å². The molecule has 12 nitrogen and oxygen atoms in total. The lowest BCUT2D eigenvalue weighted by atomic mass is 10.1. The van der Waals surface area contributed by atoms with Crippen molar-refractivity contribution in [2.24, 2.45) is 5.10 Å². The van der Waals surface area contributed by atoms with Gasteiger partial charge in [0.2, 0.25) is 18.0 Å². The lowest BCUT2D eigenvalue weighted by molar-refractivity contribution is -0.385. The van der Waals surface area contributed by atoms with E-state index in [2.05, 4.69) is 10.1 Å². The number of ether oxygens (including phenoxy) is 2. The molecule has 1 atom stereocenters. The van der Waals surface area contributed by atoms with Crippen LogP contribution in [0.25, 0.3) is 11.3 Å². The van der Waals surface area contributed by atoms with Crippen LogP contribution in [0.1, 0.15) is 30.1 Å². The maximum Gasteiger partial charge on any atom is 0.272 e. The van der Waals surface area contributed by atoms with Crippen molar-refractivity contribution < 1.29 is 19.2 Å². The minimum atomic E-state index is -1.05. The van der Waals surface area contributed by atoms with Crippen LogP contribution in [0.2, 0.25) is 0 Å². The summed E-state index contributed by atoms with van der Waals surface area (Å²) in [6.07, 6.45) is -1.05. The maximum absolute atomic E-state index is 13.2. The summed E-state index contributed by atoms with van der Waals surface area (Å²) < 4.78 is 12.2. The van der Waals surface area contributed by atoms with E-state index >= 15 is 0 Å². The first-order valence-electron chi connectivity index (χ1n) is 10.7. The van der Waals surface area contributed by atoms with Crippen LogP contribution < -0.4 is 10.3 Å². The van der Waals surface area contributed by atoms with Gasteiger partial charge in [-0.3, -0.25) is 24.3 Å². The van der Waals surface area contributed by atoms with E-state index in [9.17, 15) is 25.0 Å². The molecule has 1 aromatic heterocycles. The van der Waals surface area contributed by atoms with Gasteiger partial charge < -0.3 is 9.47 Å². The highest BCUT2D eigenvalue weighted by Gasteiger charge is 2.34. The number of hydrogen-bond acceptors (Lipinski definition) is 9. The second-order valence-electron chi connectivity index (χ2n) is 7.79. The molecule has 0 spiro atoms. The number of aryl methyl sites for hydroxylation is 1. The predicted molar refractivity (Wildman–Crippen MR) is 127 cm³/mol. The van der Waals surface area contributed by atoms with E-state index in [4.69, 9.17) is 9.47 Å². The largest absolute Gasteiger partial charge is 0.497 e. The molecule has 4 rings (SSSR count). The van der Waals surface area contributed by atoms with Crippen LogP contribution in [0, 0.1) is 28.4 Å². The Bertz CT molecular complexity index is 1490. The van der Waals surface area contributed by atoms with Crippen molar-refractivity contribution in [3.8, 4) is 23.1 Å². The highest BCUT2D eigenvalue weighted by Crippen LogP contribution is 2.31. The summed E-state index contributed by atoms with van der Waals surface area (Å²) in [4.78, 5) is 40.5. The number of nitro benzene ring substituents is 1. The van der Waals surface area contributed by atoms with Gasteiger partial charge in [0.15, 0.2) is 0 Å². The normalized spacial score (nSPS) is 14.6. The van der Waals surface area contributed by atoms with Gasteiger partial charge in [-0.05, 0) is 31.2 Å². The molecule has 2 heterocycles. The lowest BCUT2D eigenvalue weighted by Gasteiger charge is -2.19. The molecule has 0 saturated carbocycles. The molecule has 182 valence electrons. The molecule has 1 aliphatic rings. The second-order valence-corrected chi connectivity index (χ2v) is 7.79. The topological polar surface area (TPSA) is 153 Å². The highest BCUT2D eigenvalue weighted by molar-refractivity contribution is 5.82. The van der Waals surface area contributed by atoms with Gasteiger partial charge >= 0.3 is 0 Å². The fourth-order valence-corrected chi connectivity index (χ4v) is 3.72. The SMILES string of the molecule is COc1ccc(-c2nc(C)n(CC3=NN(C(C)=O)C(c4cccc([N+](=O)[O-])c4)O3)c(=O)c2C#N)cc1. The average molecular weight is 488 g/mol. The number of hydrazone groups is 1. The fourth-order valence-electron chi connectivity index (χ4n) is 3.72. The van der Waals surface area contributed by atoms with E-state index < -0.39 is 22.6 Å². The van der Waals surface area contributed by atoms with Gasteiger partial charge in [0, 0.05) is 30.2 Å². The van der Waals surface area contributed by atoms with Crippen molar-refractivity contribution >= 4 is 17.5 Å². The summed E-state index contributed by atoms with van der Waals surface area (Å²) in [5, 5.41) is 26.1. The van der Waals surface area contributed by atoms with Crippen LogP contribution in [-0.2, 0) is 16.1 Å². The van der Waals surface area contributed by atoms with Crippen molar-refractivity contribution in [3.63, 3.8) is 0 Å². The van der Waals surface area contributed by atoms with Crippen LogP contribution in [0.3, 0.4) is 0 Å². The van der Waals surface area contributed by atoms with Gasteiger partial charge in [-0.25, -0.2) is 4.98 Å². The number of carbonyl (C=O) groups excluding carboxylic acids is 1. The Morgan fingerprint density at radius 3 is 2.61 bits per heavy atom. The zero-order valence-electron chi connectivity index (χ0n) is 19.5. The number of amides is 1. The molecule has 1 unspecified atom stereocenters. The molecule has 2 aromatic carbocycles. The summed E-state index contributed by atoms with van der Waals surface area (Å²) in [6.45, 7) is 2.67. The first kappa shape index (κ1) is 24.1. The van der Waals surface area contributed by atoms with Crippen LogP contribution in [0.15, 0.2) is 58.4 Å². The molecule has 1 aliphatic heterocycles. The Balaban J connectivity index is 1.68. The van der Waals surface area contributed by atoms with E-state index in [1.54, 1.807) is 37.3 Å². The van der Waals surface area contributed by atoms with Gasteiger partial charge in [0.25, 0.3) is 11.2 Å². The Hall–Kier alpha value is -5.05. The monoisotopic (exact) mass is 488 g/mol. The number of carbonyl (C=O) groups is 1. The number of nitro groups is 1. The first-order valence-corrected chi connectivity index (χ1v) is 10.7. The van der Waals surface area contributed by atoms with Crippen LogP contribution in [-0.4, -0.2) is 38.4 Å². The Labute approximate surface area is 204 Å². The van der Waals surface area contributed by atoms with Gasteiger partial charge in [-0.2, -0.15) is 10.3 Å². The standard InChI is InChI=1S/C24H20N6O6/c1-14-26-22(16-7-9-19(35-3)10-8-16)20(12-25)23(32)28(14)13-21-27-29(15(2)31)24(36-21)17-5-4-6-18(11-17)30(33)34/h4-11,24H,13H2,1-3H3. The third-order valence-corrected chi connectivity index (χ3v) is 5.51.